The van der Waals surface area contributed by atoms with Crippen LogP contribution in [0.15, 0.2) is 0 Å². The second kappa shape index (κ2) is 7.96. The molecule has 2 atom stereocenters. The summed E-state index contributed by atoms with van der Waals surface area (Å²) in [6.07, 6.45) is 0.785. The number of hydrogen-bond donors (Lipinski definition) is 1. The summed E-state index contributed by atoms with van der Waals surface area (Å²) >= 11 is 5.72. The predicted molar refractivity (Wildman–Crippen MR) is 79.8 cm³/mol. The van der Waals surface area contributed by atoms with Gasteiger partial charge in [0.1, 0.15) is 12.1 Å². The quantitative estimate of drug-likeness (QED) is 0.537. The van der Waals surface area contributed by atoms with Gasteiger partial charge in [-0.15, -0.1) is 0 Å². The summed E-state index contributed by atoms with van der Waals surface area (Å²) in [7, 11) is 0. The first-order chi connectivity index (χ1) is 9.87. The summed E-state index contributed by atoms with van der Waals surface area (Å²) in [5, 5.41) is 0. The second-order valence-corrected chi connectivity index (χ2v) is 6.03. The van der Waals surface area contributed by atoms with Crippen molar-refractivity contribution in [3.63, 3.8) is 0 Å². The van der Waals surface area contributed by atoms with Crippen molar-refractivity contribution in [1.82, 2.24) is 9.74 Å². The first-order valence-electron chi connectivity index (χ1n) is 7.30. The van der Waals surface area contributed by atoms with Gasteiger partial charge in [0.05, 0.1) is 13.2 Å². The fourth-order valence-electron chi connectivity index (χ4n) is 2.49. The van der Waals surface area contributed by atoms with E-state index in [1.807, 2.05) is 18.7 Å². The minimum Gasteiger partial charge on any atom is -0.465 e. The summed E-state index contributed by atoms with van der Waals surface area (Å²) in [5.41, 5.74) is -0.473. The molecule has 0 spiro atoms. The highest BCUT2D eigenvalue weighted by molar-refractivity contribution is 6.15. The number of likely N-dealkylation sites (tertiary alicyclic amines) is 1. The lowest BCUT2D eigenvalue weighted by Gasteiger charge is -2.44. The van der Waals surface area contributed by atoms with Crippen molar-refractivity contribution >= 4 is 23.7 Å². The number of ether oxygens (including phenoxy) is 2. The summed E-state index contributed by atoms with van der Waals surface area (Å²) < 4.78 is 10.1. The fourth-order valence-corrected chi connectivity index (χ4v) is 2.87. The molecular weight excluding hydrogens is 296 g/mol. The smallest absolute Gasteiger partial charge is 0.324 e. The van der Waals surface area contributed by atoms with Gasteiger partial charge in [0, 0.05) is 18.5 Å². The first-order valence-corrected chi connectivity index (χ1v) is 7.68. The van der Waals surface area contributed by atoms with E-state index in [1.165, 1.54) is 0 Å². The van der Waals surface area contributed by atoms with Crippen molar-refractivity contribution in [2.75, 3.05) is 26.3 Å². The van der Waals surface area contributed by atoms with E-state index < -0.39 is 11.5 Å². The van der Waals surface area contributed by atoms with Gasteiger partial charge in [0.2, 0.25) is 0 Å². The Kier molecular flexibility index (Phi) is 6.90. The van der Waals surface area contributed by atoms with E-state index in [0.29, 0.717) is 19.8 Å². The molecule has 0 radical (unpaired) electrons. The third-order valence-corrected chi connectivity index (χ3v) is 3.93. The van der Waals surface area contributed by atoms with Crippen molar-refractivity contribution in [2.45, 2.75) is 46.2 Å². The molecule has 0 bridgehead atoms. The number of esters is 2. The average molecular weight is 321 g/mol. The van der Waals surface area contributed by atoms with Gasteiger partial charge in [0.25, 0.3) is 0 Å². The van der Waals surface area contributed by atoms with Crippen molar-refractivity contribution in [1.29, 1.82) is 0 Å². The summed E-state index contributed by atoms with van der Waals surface area (Å²) in [6.45, 7) is 9.43. The van der Waals surface area contributed by atoms with Gasteiger partial charge < -0.3 is 9.47 Å². The van der Waals surface area contributed by atoms with E-state index in [0.717, 1.165) is 13.0 Å². The molecule has 0 aromatic heterocycles. The highest BCUT2D eigenvalue weighted by Crippen LogP contribution is 2.29. The Balaban J connectivity index is 2.66. The normalized spacial score (nSPS) is 20.5. The van der Waals surface area contributed by atoms with Gasteiger partial charge in [-0.3, -0.25) is 14.5 Å². The van der Waals surface area contributed by atoms with Gasteiger partial charge in [-0.2, -0.15) is 0 Å². The van der Waals surface area contributed by atoms with Crippen LogP contribution in [0.4, 0.5) is 0 Å². The second-order valence-electron chi connectivity index (χ2n) is 5.81. The van der Waals surface area contributed by atoms with Gasteiger partial charge in [-0.1, -0.05) is 13.8 Å². The molecule has 0 aromatic rings. The van der Waals surface area contributed by atoms with Crippen LogP contribution in [-0.2, 0) is 19.1 Å². The van der Waals surface area contributed by atoms with Gasteiger partial charge in [0.15, 0.2) is 0 Å². The first kappa shape index (κ1) is 18.2. The number of carbonyl (C=O) groups is 2. The molecule has 1 aliphatic rings. The number of rotatable bonds is 8. The van der Waals surface area contributed by atoms with Crippen molar-refractivity contribution < 1.29 is 19.1 Å². The lowest BCUT2D eigenvalue weighted by Crippen LogP contribution is -2.59. The van der Waals surface area contributed by atoms with E-state index in [4.69, 9.17) is 21.3 Å². The highest BCUT2D eigenvalue weighted by atomic mass is 35.5. The molecule has 0 saturated carbocycles. The zero-order valence-corrected chi connectivity index (χ0v) is 13.9. The van der Waals surface area contributed by atoms with Crippen LogP contribution in [-0.4, -0.2) is 55.2 Å². The molecular formula is C14H25ClN2O4. The summed E-state index contributed by atoms with van der Waals surface area (Å²) in [6, 6.07) is -0.857. The van der Waals surface area contributed by atoms with Gasteiger partial charge >= 0.3 is 11.9 Å². The lowest BCUT2D eigenvalue weighted by molar-refractivity contribution is -0.156. The molecule has 1 saturated heterocycles. The van der Waals surface area contributed by atoms with E-state index in [2.05, 4.69) is 4.84 Å². The number of carbonyl (C=O) groups excluding carboxylic acids is 2. The Morgan fingerprint density at radius 1 is 1.33 bits per heavy atom. The van der Waals surface area contributed by atoms with E-state index in [9.17, 15) is 9.59 Å². The zero-order valence-electron chi connectivity index (χ0n) is 13.1. The maximum Gasteiger partial charge on any atom is 0.324 e. The molecule has 0 aromatic carbocycles. The largest absolute Gasteiger partial charge is 0.465 e. The van der Waals surface area contributed by atoms with Crippen molar-refractivity contribution in [3.8, 4) is 0 Å². The molecule has 21 heavy (non-hydrogen) atoms. The number of nitrogens with one attached hydrogen (secondary N) is 1. The molecule has 1 heterocycles. The fraction of sp³-hybridized carbons (Fsp3) is 0.857. The number of hydrogen-bond acceptors (Lipinski definition) is 6. The van der Waals surface area contributed by atoms with Gasteiger partial charge in [-0.05, 0) is 32.0 Å². The van der Waals surface area contributed by atoms with E-state index in [-0.39, 0.29) is 18.0 Å². The summed E-state index contributed by atoms with van der Waals surface area (Å²) in [5.74, 6) is -0.586. The topological polar surface area (TPSA) is 67.9 Å². The maximum absolute atomic E-state index is 11.9. The molecule has 1 fully saturated rings. The molecule has 0 amide bonds. The maximum atomic E-state index is 11.9. The van der Waals surface area contributed by atoms with Crippen molar-refractivity contribution in [3.05, 3.63) is 0 Å². The third kappa shape index (κ3) is 4.56. The van der Waals surface area contributed by atoms with E-state index >= 15 is 0 Å². The Hall–Kier alpha value is -0.850. The SMILES string of the molecule is CCOC(=O)C1CCN1CC(C)(C)C(NCl)C(=O)OCC. The van der Waals surface area contributed by atoms with Crippen LogP contribution >= 0.6 is 11.8 Å². The van der Waals surface area contributed by atoms with Crippen LogP contribution < -0.4 is 4.84 Å². The van der Waals surface area contributed by atoms with Crippen LogP contribution in [0.25, 0.3) is 0 Å². The minimum atomic E-state index is -0.637. The van der Waals surface area contributed by atoms with Crippen LogP contribution in [0.3, 0.4) is 0 Å². The predicted octanol–water partition coefficient (Wildman–Crippen LogP) is 1.33. The van der Waals surface area contributed by atoms with Crippen LogP contribution in [0.5, 0.6) is 0 Å². The van der Waals surface area contributed by atoms with Crippen LogP contribution in [0.1, 0.15) is 34.1 Å². The lowest BCUT2D eigenvalue weighted by atomic mass is 9.82. The molecule has 6 nitrogen and oxygen atoms in total. The van der Waals surface area contributed by atoms with Crippen molar-refractivity contribution in [2.24, 2.45) is 5.41 Å². The third-order valence-electron chi connectivity index (χ3n) is 3.71. The Bertz CT molecular complexity index is 376. The number of halogens is 1. The standard InChI is InChI=1S/C14H25ClN2O4/c1-5-20-12(18)10-7-8-17(10)9-14(3,4)11(16-15)13(19)21-6-2/h10-11,16H,5-9H2,1-4H3. The molecule has 7 heteroatoms. The summed E-state index contributed by atoms with van der Waals surface area (Å²) in [4.78, 5) is 28.3. The Morgan fingerprint density at radius 2 is 1.95 bits per heavy atom. The van der Waals surface area contributed by atoms with E-state index in [1.54, 1.807) is 13.8 Å². The molecule has 122 valence electrons. The molecule has 1 aliphatic heterocycles. The zero-order chi connectivity index (χ0) is 16.0. The monoisotopic (exact) mass is 320 g/mol. The van der Waals surface area contributed by atoms with Gasteiger partial charge in [-0.25, -0.2) is 4.84 Å². The van der Waals surface area contributed by atoms with Crippen LogP contribution in [0.2, 0.25) is 0 Å². The Labute approximate surface area is 131 Å². The average Bonchev–Trinajstić information content (AvgIpc) is 2.36. The highest BCUT2D eigenvalue weighted by Gasteiger charge is 2.43. The molecule has 1 N–H and O–H groups in total. The minimum absolute atomic E-state index is 0.203. The van der Waals surface area contributed by atoms with Crippen LogP contribution in [0, 0.1) is 5.41 Å². The Morgan fingerprint density at radius 3 is 2.38 bits per heavy atom. The molecule has 1 rings (SSSR count). The number of nitrogens with zero attached hydrogens (tertiary/aromatic N) is 1. The molecule has 0 aliphatic carbocycles. The molecule has 2 unspecified atom stereocenters.